The van der Waals surface area contributed by atoms with E-state index in [0.29, 0.717) is 0 Å². The molecule has 0 aliphatic carbocycles. The molecular formula is C18H19N3. The summed E-state index contributed by atoms with van der Waals surface area (Å²) in [4.78, 5) is 4.31. The molecule has 21 heavy (non-hydrogen) atoms. The first-order valence-electron chi connectivity index (χ1n) is 7.27. The monoisotopic (exact) mass is 277 g/mol. The van der Waals surface area contributed by atoms with Crippen LogP contribution in [0.3, 0.4) is 0 Å². The molecule has 0 saturated carbocycles. The molecule has 0 radical (unpaired) electrons. The third kappa shape index (κ3) is 2.82. The number of nitrogens with zero attached hydrogens (tertiary/aromatic N) is 1. The van der Waals surface area contributed by atoms with E-state index in [1.807, 2.05) is 24.3 Å². The summed E-state index contributed by atoms with van der Waals surface area (Å²) in [6.45, 7) is 2.19. The molecular weight excluding hydrogens is 258 g/mol. The van der Waals surface area contributed by atoms with E-state index >= 15 is 0 Å². The Labute approximate surface area is 124 Å². The van der Waals surface area contributed by atoms with Crippen molar-refractivity contribution in [2.45, 2.75) is 19.8 Å². The lowest BCUT2D eigenvalue weighted by molar-refractivity contribution is 0.922. The zero-order chi connectivity index (χ0) is 14.7. The van der Waals surface area contributed by atoms with Gasteiger partial charge in [-0.1, -0.05) is 25.5 Å². The normalized spacial score (nSPS) is 10.7. The third-order valence-corrected chi connectivity index (χ3v) is 3.60. The lowest BCUT2D eigenvalue weighted by Crippen LogP contribution is -1.98. The molecule has 0 amide bonds. The number of nitrogens with two attached hydrogens (primary N) is 1. The number of pyridine rings is 1. The Hall–Kier alpha value is -2.55. The Morgan fingerprint density at radius 2 is 1.86 bits per heavy atom. The number of hydrogen-bond acceptors (Lipinski definition) is 3. The minimum atomic E-state index is 0.734. The summed E-state index contributed by atoms with van der Waals surface area (Å²) >= 11 is 0. The second kappa shape index (κ2) is 5.83. The van der Waals surface area contributed by atoms with E-state index in [1.165, 1.54) is 5.56 Å². The molecule has 0 fully saturated rings. The lowest BCUT2D eigenvalue weighted by atomic mass is 10.1. The number of aryl methyl sites for hydroxylation is 1. The molecule has 0 atom stereocenters. The van der Waals surface area contributed by atoms with Gasteiger partial charge in [0.05, 0.1) is 16.9 Å². The molecule has 2 aromatic carbocycles. The molecule has 0 saturated heterocycles. The maximum Gasteiger partial charge on any atom is 0.0724 e. The molecule has 1 aromatic heterocycles. The highest BCUT2D eigenvalue weighted by Gasteiger charge is 2.05. The van der Waals surface area contributed by atoms with Gasteiger partial charge in [-0.15, -0.1) is 0 Å². The Balaban J connectivity index is 1.89. The minimum Gasteiger partial charge on any atom is -0.396 e. The van der Waals surface area contributed by atoms with Crippen LogP contribution in [-0.4, -0.2) is 4.98 Å². The van der Waals surface area contributed by atoms with E-state index in [2.05, 4.69) is 41.5 Å². The van der Waals surface area contributed by atoms with Gasteiger partial charge in [-0.2, -0.15) is 0 Å². The molecule has 3 nitrogen and oxygen atoms in total. The maximum absolute atomic E-state index is 6.24. The van der Waals surface area contributed by atoms with Crippen molar-refractivity contribution in [2.75, 3.05) is 11.1 Å². The highest BCUT2D eigenvalue weighted by Crippen LogP contribution is 2.29. The summed E-state index contributed by atoms with van der Waals surface area (Å²) in [6.07, 6.45) is 4.06. The number of nitrogen functional groups attached to an aromatic ring is 1. The zero-order valence-corrected chi connectivity index (χ0v) is 12.1. The van der Waals surface area contributed by atoms with E-state index < -0.39 is 0 Å². The predicted molar refractivity (Wildman–Crippen MR) is 89.9 cm³/mol. The fourth-order valence-corrected chi connectivity index (χ4v) is 2.48. The number of fused-ring (bicyclic) bond motifs is 1. The van der Waals surface area contributed by atoms with E-state index in [0.717, 1.165) is 40.8 Å². The number of benzene rings is 2. The largest absolute Gasteiger partial charge is 0.396 e. The molecule has 0 spiro atoms. The van der Waals surface area contributed by atoms with E-state index in [-0.39, 0.29) is 0 Å². The summed E-state index contributed by atoms with van der Waals surface area (Å²) in [6, 6.07) is 16.4. The molecule has 3 aromatic rings. The van der Waals surface area contributed by atoms with Gasteiger partial charge >= 0.3 is 0 Å². The summed E-state index contributed by atoms with van der Waals surface area (Å²) in [5.74, 6) is 0. The Morgan fingerprint density at radius 3 is 2.62 bits per heavy atom. The van der Waals surface area contributed by atoms with Gasteiger partial charge in [0, 0.05) is 17.3 Å². The topological polar surface area (TPSA) is 50.9 Å². The van der Waals surface area contributed by atoms with Gasteiger partial charge in [0.15, 0.2) is 0 Å². The molecule has 3 heteroatoms. The molecule has 0 aliphatic heterocycles. The molecule has 0 aliphatic rings. The van der Waals surface area contributed by atoms with Crippen molar-refractivity contribution in [3.05, 3.63) is 60.3 Å². The Morgan fingerprint density at radius 1 is 1.05 bits per heavy atom. The van der Waals surface area contributed by atoms with Gasteiger partial charge in [0.2, 0.25) is 0 Å². The van der Waals surface area contributed by atoms with Crippen LogP contribution in [0, 0.1) is 0 Å². The SMILES string of the molecule is CCCc1ccc(Nc2ccc3ncccc3c2N)cc1. The first kappa shape index (κ1) is 13.4. The number of rotatable bonds is 4. The smallest absolute Gasteiger partial charge is 0.0724 e. The van der Waals surface area contributed by atoms with Crippen molar-refractivity contribution in [1.29, 1.82) is 0 Å². The highest BCUT2D eigenvalue weighted by atomic mass is 14.9. The number of nitrogens with one attached hydrogen (secondary N) is 1. The standard InChI is InChI=1S/C18H19N3/c1-2-4-13-6-8-14(9-7-13)21-17-11-10-16-15(18(17)19)5-3-12-20-16/h3,5-12,21H,2,4,19H2,1H3. The van der Waals surface area contributed by atoms with Crippen LogP contribution in [0.5, 0.6) is 0 Å². The second-order valence-corrected chi connectivity index (χ2v) is 5.17. The average molecular weight is 277 g/mol. The van der Waals surface area contributed by atoms with E-state index in [9.17, 15) is 0 Å². The van der Waals surface area contributed by atoms with Crippen molar-refractivity contribution in [3.8, 4) is 0 Å². The quantitative estimate of drug-likeness (QED) is 0.690. The van der Waals surface area contributed by atoms with Crippen LogP contribution in [0.25, 0.3) is 10.9 Å². The van der Waals surface area contributed by atoms with Gasteiger partial charge in [-0.05, 0) is 48.4 Å². The second-order valence-electron chi connectivity index (χ2n) is 5.17. The van der Waals surface area contributed by atoms with Gasteiger partial charge in [0.25, 0.3) is 0 Å². The maximum atomic E-state index is 6.24. The van der Waals surface area contributed by atoms with Gasteiger partial charge in [0.1, 0.15) is 0 Å². The van der Waals surface area contributed by atoms with Crippen LogP contribution in [0.15, 0.2) is 54.7 Å². The van der Waals surface area contributed by atoms with Crippen molar-refractivity contribution >= 4 is 28.0 Å². The molecule has 3 rings (SSSR count). The van der Waals surface area contributed by atoms with Crippen LogP contribution in [0.1, 0.15) is 18.9 Å². The predicted octanol–water partition coefficient (Wildman–Crippen LogP) is 4.51. The molecule has 106 valence electrons. The lowest BCUT2D eigenvalue weighted by Gasteiger charge is -2.12. The summed E-state index contributed by atoms with van der Waals surface area (Å²) < 4.78 is 0. The highest BCUT2D eigenvalue weighted by molar-refractivity contribution is 5.97. The van der Waals surface area contributed by atoms with Crippen molar-refractivity contribution in [1.82, 2.24) is 4.98 Å². The zero-order valence-electron chi connectivity index (χ0n) is 12.1. The summed E-state index contributed by atoms with van der Waals surface area (Å²) in [5.41, 5.74) is 11.2. The Kier molecular flexibility index (Phi) is 3.73. The number of anilines is 3. The first-order chi connectivity index (χ1) is 10.3. The fourth-order valence-electron chi connectivity index (χ4n) is 2.48. The van der Waals surface area contributed by atoms with Crippen molar-refractivity contribution < 1.29 is 0 Å². The third-order valence-electron chi connectivity index (χ3n) is 3.60. The van der Waals surface area contributed by atoms with E-state index in [4.69, 9.17) is 5.73 Å². The van der Waals surface area contributed by atoms with Crippen LogP contribution in [0.2, 0.25) is 0 Å². The number of hydrogen-bond donors (Lipinski definition) is 2. The van der Waals surface area contributed by atoms with Gasteiger partial charge < -0.3 is 11.1 Å². The average Bonchev–Trinajstić information content (AvgIpc) is 2.52. The van der Waals surface area contributed by atoms with Gasteiger partial charge in [-0.3, -0.25) is 4.98 Å². The van der Waals surface area contributed by atoms with Crippen molar-refractivity contribution in [2.24, 2.45) is 0 Å². The first-order valence-corrected chi connectivity index (χ1v) is 7.27. The van der Waals surface area contributed by atoms with Crippen LogP contribution >= 0.6 is 0 Å². The molecule has 0 bridgehead atoms. The fraction of sp³-hybridized carbons (Fsp3) is 0.167. The van der Waals surface area contributed by atoms with E-state index in [1.54, 1.807) is 6.20 Å². The molecule has 1 heterocycles. The van der Waals surface area contributed by atoms with Crippen LogP contribution < -0.4 is 11.1 Å². The minimum absolute atomic E-state index is 0.734. The summed E-state index contributed by atoms with van der Waals surface area (Å²) in [5, 5.41) is 4.36. The van der Waals surface area contributed by atoms with Crippen LogP contribution in [-0.2, 0) is 6.42 Å². The van der Waals surface area contributed by atoms with Crippen molar-refractivity contribution in [3.63, 3.8) is 0 Å². The summed E-state index contributed by atoms with van der Waals surface area (Å²) in [7, 11) is 0. The van der Waals surface area contributed by atoms with Crippen LogP contribution in [0.4, 0.5) is 17.1 Å². The van der Waals surface area contributed by atoms with Gasteiger partial charge in [-0.25, -0.2) is 0 Å². The molecule has 3 N–H and O–H groups in total. The Bertz CT molecular complexity index is 748. The molecule has 0 unspecified atom stereocenters. The number of aromatic nitrogens is 1.